The SMILES string of the molecule is COc1ccc([C@H](C)NC(=O)[C@H]2CCCN(S(=O)(=O)Cc3ccc(Cl)c(Cl)c3)C2)cc1OC. The van der Waals surface area contributed by atoms with Gasteiger partial charge in [-0.15, -0.1) is 0 Å². The van der Waals surface area contributed by atoms with E-state index in [4.69, 9.17) is 32.7 Å². The quantitative estimate of drug-likeness (QED) is 0.563. The van der Waals surface area contributed by atoms with E-state index in [0.29, 0.717) is 46.5 Å². The van der Waals surface area contributed by atoms with Crippen LogP contribution in [0.5, 0.6) is 11.5 Å². The Morgan fingerprint density at radius 3 is 2.52 bits per heavy atom. The number of carbonyl (C=O) groups is 1. The van der Waals surface area contributed by atoms with Crippen LogP contribution in [0.4, 0.5) is 0 Å². The van der Waals surface area contributed by atoms with E-state index in [1.54, 1.807) is 38.5 Å². The fourth-order valence-electron chi connectivity index (χ4n) is 3.88. The van der Waals surface area contributed by atoms with E-state index in [2.05, 4.69) is 5.32 Å². The number of rotatable bonds is 8. The lowest BCUT2D eigenvalue weighted by Gasteiger charge is -2.32. The van der Waals surface area contributed by atoms with Crippen molar-refractivity contribution in [3.05, 3.63) is 57.6 Å². The first-order valence-electron chi connectivity index (χ1n) is 10.6. The highest BCUT2D eigenvalue weighted by molar-refractivity contribution is 7.88. The molecular formula is C23H28Cl2N2O5S. The Labute approximate surface area is 205 Å². The average molecular weight is 515 g/mol. The van der Waals surface area contributed by atoms with Gasteiger partial charge in [0.05, 0.1) is 42.0 Å². The number of carbonyl (C=O) groups excluding carboxylic acids is 1. The second-order valence-electron chi connectivity index (χ2n) is 8.05. The van der Waals surface area contributed by atoms with Gasteiger partial charge in [0.25, 0.3) is 0 Å². The van der Waals surface area contributed by atoms with Crippen LogP contribution in [-0.4, -0.2) is 45.9 Å². The minimum atomic E-state index is -3.61. The summed E-state index contributed by atoms with van der Waals surface area (Å²) >= 11 is 11.9. The van der Waals surface area contributed by atoms with Gasteiger partial charge in [0, 0.05) is 13.1 Å². The van der Waals surface area contributed by atoms with E-state index in [9.17, 15) is 13.2 Å². The lowest BCUT2D eigenvalue weighted by molar-refractivity contribution is -0.126. The maximum Gasteiger partial charge on any atom is 0.224 e. The molecule has 0 radical (unpaired) electrons. The summed E-state index contributed by atoms with van der Waals surface area (Å²) in [6.07, 6.45) is 1.24. The second-order valence-corrected chi connectivity index (χ2v) is 10.8. The van der Waals surface area contributed by atoms with Gasteiger partial charge < -0.3 is 14.8 Å². The van der Waals surface area contributed by atoms with Gasteiger partial charge in [0.1, 0.15) is 0 Å². The van der Waals surface area contributed by atoms with Gasteiger partial charge in [0.15, 0.2) is 11.5 Å². The summed E-state index contributed by atoms with van der Waals surface area (Å²) < 4.78 is 38.0. The van der Waals surface area contributed by atoms with Crippen LogP contribution in [0.3, 0.4) is 0 Å². The largest absolute Gasteiger partial charge is 0.493 e. The van der Waals surface area contributed by atoms with Crippen LogP contribution in [0.2, 0.25) is 10.0 Å². The van der Waals surface area contributed by atoms with Gasteiger partial charge in [-0.05, 0) is 55.2 Å². The number of hydrogen-bond acceptors (Lipinski definition) is 5. The van der Waals surface area contributed by atoms with Crippen LogP contribution in [0.15, 0.2) is 36.4 Å². The van der Waals surface area contributed by atoms with Crippen molar-refractivity contribution in [3.63, 3.8) is 0 Å². The van der Waals surface area contributed by atoms with Gasteiger partial charge in [0.2, 0.25) is 15.9 Å². The molecule has 1 fully saturated rings. The Kier molecular flexibility index (Phi) is 8.50. The molecule has 2 aromatic carbocycles. The van der Waals surface area contributed by atoms with Crippen molar-refractivity contribution in [1.29, 1.82) is 0 Å². The third kappa shape index (κ3) is 6.32. The van der Waals surface area contributed by atoms with Crippen LogP contribution in [0.25, 0.3) is 0 Å². The Morgan fingerprint density at radius 2 is 1.85 bits per heavy atom. The molecule has 1 amide bonds. The highest BCUT2D eigenvalue weighted by atomic mass is 35.5. The zero-order chi connectivity index (χ0) is 24.2. The summed E-state index contributed by atoms with van der Waals surface area (Å²) in [6.45, 7) is 2.41. The van der Waals surface area contributed by atoms with Crippen molar-refractivity contribution in [2.24, 2.45) is 5.92 Å². The van der Waals surface area contributed by atoms with Crippen LogP contribution in [0.1, 0.15) is 36.9 Å². The van der Waals surface area contributed by atoms with E-state index in [1.807, 2.05) is 19.1 Å². The molecule has 1 N–H and O–H groups in total. The van der Waals surface area contributed by atoms with Crippen LogP contribution in [-0.2, 0) is 20.6 Å². The van der Waals surface area contributed by atoms with Gasteiger partial charge in [-0.2, -0.15) is 0 Å². The molecule has 1 heterocycles. The third-order valence-electron chi connectivity index (χ3n) is 5.75. The lowest BCUT2D eigenvalue weighted by Crippen LogP contribution is -2.46. The number of methoxy groups -OCH3 is 2. The fourth-order valence-corrected chi connectivity index (χ4v) is 5.80. The van der Waals surface area contributed by atoms with E-state index < -0.39 is 15.9 Å². The highest BCUT2D eigenvalue weighted by Crippen LogP contribution is 2.30. The van der Waals surface area contributed by atoms with E-state index in [1.165, 1.54) is 4.31 Å². The van der Waals surface area contributed by atoms with Gasteiger partial charge in [-0.25, -0.2) is 12.7 Å². The molecule has 3 rings (SSSR count). The Hall–Kier alpha value is -2.00. The molecule has 0 saturated carbocycles. The number of hydrogen-bond donors (Lipinski definition) is 1. The first-order chi connectivity index (χ1) is 15.6. The van der Waals surface area contributed by atoms with E-state index >= 15 is 0 Å². The normalized spacial score (nSPS) is 17.9. The standard InChI is InChI=1S/C23H28Cl2N2O5S/c1-15(17-7-9-21(31-2)22(12-17)32-3)26-23(28)18-5-4-10-27(13-18)33(29,30)14-16-6-8-19(24)20(25)11-16/h6-9,11-12,15,18H,4-5,10,13-14H2,1-3H3,(H,26,28)/t15-,18-/m0/s1. The number of halogens is 2. The molecule has 33 heavy (non-hydrogen) atoms. The summed E-state index contributed by atoms with van der Waals surface area (Å²) in [5.74, 6) is 0.389. The van der Waals surface area contributed by atoms with Crippen molar-refractivity contribution in [2.75, 3.05) is 27.3 Å². The van der Waals surface area contributed by atoms with E-state index in [0.717, 1.165) is 5.56 Å². The van der Waals surface area contributed by atoms with E-state index in [-0.39, 0.29) is 24.2 Å². The number of piperidine rings is 1. The summed E-state index contributed by atoms with van der Waals surface area (Å²) in [6, 6.07) is 9.97. The molecule has 7 nitrogen and oxygen atoms in total. The molecule has 0 aliphatic carbocycles. The molecular weight excluding hydrogens is 487 g/mol. The molecule has 0 aromatic heterocycles. The van der Waals surface area contributed by atoms with Crippen molar-refractivity contribution in [1.82, 2.24) is 9.62 Å². The minimum absolute atomic E-state index is 0.147. The van der Waals surface area contributed by atoms with Gasteiger partial charge >= 0.3 is 0 Å². The van der Waals surface area contributed by atoms with Crippen molar-refractivity contribution in [3.8, 4) is 11.5 Å². The molecule has 2 aromatic rings. The highest BCUT2D eigenvalue weighted by Gasteiger charge is 2.33. The van der Waals surface area contributed by atoms with Crippen molar-refractivity contribution in [2.45, 2.75) is 31.6 Å². The Morgan fingerprint density at radius 1 is 1.12 bits per heavy atom. The predicted molar refractivity (Wildman–Crippen MR) is 129 cm³/mol. The number of nitrogens with one attached hydrogen (secondary N) is 1. The fraction of sp³-hybridized carbons (Fsp3) is 0.435. The summed E-state index contributed by atoms with van der Waals surface area (Å²) in [5.41, 5.74) is 1.42. The second kappa shape index (κ2) is 11.0. The minimum Gasteiger partial charge on any atom is -0.493 e. The van der Waals surface area contributed by atoms with Gasteiger partial charge in [-0.1, -0.05) is 35.3 Å². The first kappa shape index (κ1) is 25.6. The smallest absolute Gasteiger partial charge is 0.224 e. The van der Waals surface area contributed by atoms with Crippen LogP contribution in [0, 0.1) is 5.92 Å². The lowest BCUT2D eigenvalue weighted by atomic mass is 9.98. The molecule has 0 bridgehead atoms. The molecule has 10 heteroatoms. The average Bonchev–Trinajstić information content (AvgIpc) is 2.80. The zero-order valence-corrected chi connectivity index (χ0v) is 21.1. The summed E-state index contributed by atoms with van der Waals surface area (Å²) in [7, 11) is -0.490. The zero-order valence-electron chi connectivity index (χ0n) is 18.8. The van der Waals surface area contributed by atoms with Gasteiger partial charge in [-0.3, -0.25) is 4.79 Å². The number of ether oxygens (including phenoxy) is 2. The monoisotopic (exact) mass is 514 g/mol. The third-order valence-corrected chi connectivity index (χ3v) is 8.30. The maximum atomic E-state index is 13.0. The summed E-state index contributed by atoms with van der Waals surface area (Å²) in [5, 5.41) is 3.68. The molecule has 2 atom stereocenters. The first-order valence-corrected chi connectivity index (χ1v) is 12.9. The molecule has 1 aliphatic heterocycles. The van der Waals surface area contributed by atoms with Crippen molar-refractivity contribution >= 4 is 39.1 Å². The molecule has 1 saturated heterocycles. The number of benzene rings is 2. The van der Waals surface area contributed by atoms with Crippen LogP contribution >= 0.6 is 23.2 Å². The topological polar surface area (TPSA) is 84.9 Å². The summed E-state index contributed by atoms with van der Waals surface area (Å²) in [4.78, 5) is 13.0. The molecule has 0 spiro atoms. The number of sulfonamides is 1. The number of amides is 1. The Balaban J connectivity index is 1.65. The molecule has 1 aliphatic rings. The maximum absolute atomic E-state index is 13.0. The van der Waals surface area contributed by atoms with Crippen molar-refractivity contribution < 1.29 is 22.7 Å². The van der Waals surface area contributed by atoms with Crippen LogP contribution < -0.4 is 14.8 Å². The molecule has 180 valence electrons. The number of nitrogens with zero attached hydrogens (tertiary/aromatic N) is 1. The Bertz CT molecular complexity index is 1110. The molecule has 0 unspecified atom stereocenters. The predicted octanol–water partition coefficient (Wildman–Crippen LogP) is 4.43.